The van der Waals surface area contributed by atoms with Crippen molar-refractivity contribution in [3.05, 3.63) is 110 Å². The van der Waals surface area contributed by atoms with Crippen LogP contribution in [-0.4, -0.2) is 20.6 Å². The van der Waals surface area contributed by atoms with Crippen LogP contribution in [0.15, 0.2) is 70.3 Å². The van der Waals surface area contributed by atoms with Gasteiger partial charge < -0.3 is 15.4 Å². The summed E-state index contributed by atoms with van der Waals surface area (Å²) in [6, 6.07) is 9.63. The van der Waals surface area contributed by atoms with Gasteiger partial charge in [-0.25, -0.2) is 22.5 Å². The quantitative estimate of drug-likeness (QED) is 0.391. The lowest BCUT2D eigenvalue weighted by Crippen LogP contribution is -2.46. The molecule has 7 nitrogen and oxygen atoms in total. The van der Waals surface area contributed by atoms with Crippen LogP contribution in [0.5, 0.6) is 5.75 Å². The number of rotatable bonds is 6. The lowest BCUT2D eigenvalue weighted by atomic mass is 10.0. The van der Waals surface area contributed by atoms with Gasteiger partial charge in [-0.2, -0.15) is 0 Å². The Kier molecular flexibility index (Phi) is 6.46. The van der Waals surface area contributed by atoms with E-state index in [1.807, 2.05) is 0 Å². The molecule has 1 heterocycles. The highest BCUT2D eigenvalue weighted by Crippen LogP contribution is 2.21. The number of phenolic OH excluding ortho intramolecular Hbond substituents is 1. The third kappa shape index (κ3) is 4.96. The molecule has 0 aliphatic carbocycles. The molecule has 3 aromatic carbocycles. The average molecular weight is 483 g/mol. The maximum atomic E-state index is 14.2. The number of nitrogens with zero attached hydrogens (tertiary/aromatic N) is 1. The summed E-state index contributed by atoms with van der Waals surface area (Å²) in [5, 5.41) is 12.0. The van der Waals surface area contributed by atoms with Gasteiger partial charge in [0.1, 0.15) is 29.2 Å². The number of hydrogen-bond donors (Lipinski definition) is 3. The maximum Gasteiger partial charge on any atom is 0.329 e. The minimum absolute atomic E-state index is 0.00460. The Hall–Kier alpha value is -4.34. The molecule has 2 atom stereocenters. The minimum atomic E-state index is -1.41. The van der Waals surface area contributed by atoms with Crippen molar-refractivity contribution in [2.24, 2.45) is 0 Å². The van der Waals surface area contributed by atoms with Crippen molar-refractivity contribution in [3.63, 3.8) is 0 Å². The summed E-state index contributed by atoms with van der Waals surface area (Å²) in [5.74, 6) is -3.17. The van der Waals surface area contributed by atoms with Crippen molar-refractivity contribution in [1.82, 2.24) is 14.9 Å². The summed E-state index contributed by atoms with van der Waals surface area (Å²) in [6.45, 7) is 1.47. The minimum Gasteiger partial charge on any atom is -0.508 e. The van der Waals surface area contributed by atoms with Gasteiger partial charge in [0.25, 0.3) is 5.56 Å². The van der Waals surface area contributed by atoms with E-state index in [2.05, 4.69) is 10.3 Å². The van der Waals surface area contributed by atoms with E-state index in [0.29, 0.717) is 16.2 Å². The van der Waals surface area contributed by atoms with E-state index >= 15 is 0 Å². The molecule has 0 fully saturated rings. The molecule has 0 aliphatic rings. The maximum absolute atomic E-state index is 14.2. The number of H-pyrrole nitrogens is 1. The number of aromatic hydroxyl groups is 1. The number of fused-ring (bicyclic) bond motifs is 1. The molecule has 10 heteroatoms. The van der Waals surface area contributed by atoms with E-state index in [1.165, 1.54) is 43.3 Å². The van der Waals surface area contributed by atoms with Gasteiger partial charge in [0.15, 0.2) is 0 Å². The first kappa shape index (κ1) is 23.8. The fraction of sp³-hybridized carbons (Fsp3) is 0.160. The van der Waals surface area contributed by atoms with Crippen LogP contribution in [0.2, 0.25) is 0 Å². The molecule has 180 valence electrons. The number of hydrogen-bond acceptors (Lipinski definition) is 4. The van der Waals surface area contributed by atoms with Crippen molar-refractivity contribution in [1.29, 1.82) is 0 Å². The molecule has 0 saturated carbocycles. The van der Waals surface area contributed by atoms with Crippen LogP contribution in [0.4, 0.5) is 13.2 Å². The molecule has 4 aromatic rings. The first-order valence-electron chi connectivity index (χ1n) is 10.6. The summed E-state index contributed by atoms with van der Waals surface area (Å²) < 4.78 is 42.0. The summed E-state index contributed by atoms with van der Waals surface area (Å²) in [7, 11) is 0. The van der Waals surface area contributed by atoms with Crippen LogP contribution in [0.25, 0.3) is 10.9 Å². The van der Waals surface area contributed by atoms with E-state index in [4.69, 9.17) is 0 Å². The van der Waals surface area contributed by atoms with Gasteiger partial charge in [0, 0.05) is 18.1 Å². The molecule has 0 unspecified atom stereocenters. The number of amides is 1. The van der Waals surface area contributed by atoms with Crippen molar-refractivity contribution in [2.45, 2.75) is 25.4 Å². The molecular weight excluding hydrogens is 463 g/mol. The first-order valence-corrected chi connectivity index (χ1v) is 10.6. The molecule has 35 heavy (non-hydrogen) atoms. The van der Waals surface area contributed by atoms with Gasteiger partial charge in [0.05, 0.1) is 16.9 Å². The Balaban J connectivity index is 1.78. The molecule has 0 radical (unpaired) electrons. The number of aromatic nitrogens is 2. The van der Waals surface area contributed by atoms with Crippen LogP contribution < -0.4 is 16.6 Å². The lowest BCUT2D eigenvalue weighted by molar-refractivity contribution is -0.125. The van der Waals surface area contributed by atoms with E-state index in [9.17, 15) is 32.7 Å². The molecule has 3 N–H and O–H groups in total. The second kappa shape index (κ2) is 9.49. The number of benzene rings is 3. The number of carbonyl (C=O) groups is 1. The van der Waals surface area contributed by atoms with Gasteiger partial charge in [-0.1, -0.05) is 18.2 Å². The van der Waals surface area contributed by atoms with E-state index in [1.54, 1.807) is 0 Å². The monoisotopic (exact) mass is 483 g/mol. The summed E-state index contributed by atoms with van der Waals surface area (Å²) in [4.78, 5) is 41.9. The predicted molar refractivity (Wildman–Crippen MR) is 123 cm³/mol. The second-order valence-electron chi connectivity index (χ2n) is 8.08. The van der Waals surface area contributed by atoms with E-state index in [0.717, 1.165) is 18.2 Å². The zero-order valence-corrected chi connectivity index (χ0v) is 18.4. The highest BCUT2D eigenvalue weighted by atomic mass is 19.1. The van der Waals surface area contributed by atoms with Crippen LogP contribution >= 0.6 is 0 Å². The van der Waals surface area contributed by atoms with Crippen molar-refractivity contribution >= 4 is 16.8 Å². The Morgan fingerprint density at radius 1 is 1.00 bits per heavy atom. The second-order valence-corrected chi connectivity index (χ2v) is 8.08. The molecule has 0 spiro atoms. The predicted octanol–water partition coefficient (Wildman–Crippen LogP) is 3.47. The van der Waals surface area contributed by atoms with Crippen molar-refractivity contribution in [3.8, 4) is 5.75 Å². The molecule has 0 bridgehead atoms. The van der Waals surface area contributed by atoms with Gasteiger partial charge in [-0.05, 0) is 48.9 Å². The Bertz CT molecular complexity index is 1530. The highest BCUT2D eigenvalue weighted by molar-refractivity contribution is 5.82. The Labute approximate surface area is 196 Å². The SMILES string of the molecule is C[C@H](NC(=O)[C@@H](Cc1ccc(O)cc1)n1c(=O)[nH]c2ccc(F)cc2c1=O)c1ccc(F)cc1F. The van der Waals surface area contributed by atoms with Gasteiger partial charge >= 0.3 is 5.69 Å². The zero-order chi connectivity index (χ0) is 25.3. The first-order chi connectivity index (χ1) is 16.6. The van der Waals surface area contributed by atoms with Gasteiger partial charge in [-0.3, -0.25) is 9.59 Å². The smallest absolute Gasteiger partial charge is 0.329 e. The zero-order valence-electron chi connectivity index (χ0n) is 18.4. The summed E-state index contributed by atoms with van der Waals surface area (Å²) in [6.07, 6.45) is -0.144. The third-order valence-electron chi connectivity index (χ3n) is 5.66. The van der Waals surface area contributed by atoms with Crippen LogP contribution in [0.1, 0.15) is 30.1 Å². The fourth-order valence-corrected chi connectivity index (χ4v) is 3.88. The topological polar surface area (TPSA) is 104 Å². The van der Waals surface area contributed by atoms with Crippen LogP contribution in [-0.2, 0) is 11.2 Å². The summed E-state index contributed by atoms with van der Waals surface area (Å²) >= 11 is 0. The summed E-state index contributed by atoms with van der Waals surface area (Å²) in [5.41, 5.74) is -1.17. The molecule has 0 saturated heterocycles. The molecule has 0 aliphatic heterocycles. The molecule has 4 rings (SSSR count). The number of carbonyl (C=O) groups excluding carboxylic acids is 1. The lowest BCUT2D eigenvalue weighted by Gasteiger charge is -2.22. The third-order valence-corrected chi connectivity index (χ3v) is 5.66. The number of halogens is 3. The van der Waals surface area contributed by atoms with Gasteiger partial charge in [-0.15, -0.1) is 0 Å². The highest BCUT2D eigenvalue weighted by Gasteiger charge is 2.27. The van der Waals surface area contributed by atoms with E-state index in [-0.39, 0.29) is 28.6 Å². The standard InChI is InChI=1S/C25H20F3N3O4/c1-13(18-8-4-16(27)12-20(18)28)29-23(33)22(10-14-2-6-17(32)7-3-14)31-24(34)19-11-15(26)5-9-21(19)30-25(31)35/h2-9,11-13,22,32H,10H2,1H3,(H,29,33)(H,30,35)/t13-,22+/m0/s1. The molecule has 1 amide bonds. The van der Waals surface area contributed by atoms with E-state index < -0.39 is 46.7 Å². The fourth-order valence-electron chi connectivity index (χ4n) is 3.88. The largest absolute Gasteiger partial charge is 0.508 e. The van der Waals surface area contributed by atoms with Crippen molar-refractivity contribution in [2.75, 3.05) is 0 Å². The number of phenols is 1. The normalized spacial score (nSPS) is 12.9. The number of nitrogens with one attached hydrogen (secondary N) is 2. The average Bonchev–Trinajstić information content (AvgIpc) is 2.80. The Morgan fingerprint density at radius 2 is 1.66 bits per heavy atom. The van der Waals surface area contributed by atoms with Crippen LogP contribution in [0, 0.1) is 17.5 Å². The Morgan fingerprint density at radius 3 is 2.34 bits per heavy atom. The van der Waals surface area contributed by atoms with Gasteiger partial charge in [0.2, 0.25) is 5.91 Å². The van der Waals surface area contributed by atoms with Crippen molar-refractivity contribution < 1.29 is 23.1 Å². The number of aromatic amines is 1. The molecule has 1 aromatic heterocycles. The molecular formula is C25H20F3N3O4. The van der Waals surface area contributed by atoms with Crippen LogP contribution in [0.3, 0.4) is 0 Å².